The molecule has 8 heteroatoms. The molecule has 1 aliphatic carbocycles. The number of carbonyl (C=O) groups excluding carboxylic acids is 4. The van der Waals surface area contributed by atoms with E-state index >= 15 is 0 Å². The van der Waals surface area contributed by atoms with Crippen LogP contribution in [0, 0.1) is 11.8 Å². The predicted molar refractivity (Wildman–Crippen MR) is 110 cm³/mol. The Balaban J connectivity index is 1.77. The second-order valence-corrected chi connectivity index (χ2v) is 8.38. The van der Waals surface area contributed by atoms with Crippen molar-refractivity contribution in [3.05, 3.63) is 29.8 Å². The van der Waals surface area contributed by atoms with Crippen LogP contribution in [0.2, 0.25) is 0 Å². The Morgan fingerprint density at radius 2 is 1.72 bits per heavy atom. The van der Waals surface area contributed by atoms with Crippen LogP contribution < -0.4 is 5.32 Å². The lowest BCUT2D eigenvalue weighted by Crippen LogP contribution is -2.48. The van der Waals surface area contributed by atoms with Crippen molar-refractivity contribution in [1.29, 1.82) is 0 Å². The zero-order chi connectivity index (χ0) is 21.0. The van der Waals surface area contributed by atoms with Gasteiger partial charge in [0, 0.05) is 5.69 Å². The van der Waals surface area contributed by atoms with Crippen molar-refractivity contribution < 1.29 is 23.9 Å². The van der Waals surface area contributed by atoms with Crippen molar-refractivity contribution in [2.24, 2.45) is 11.8 Å². The highest BCUT2D eigenvalue weighted by Crippen LogP contribution is 2.39. The molecule has 2 fully saturated rings. The standard InChI is InChI=1S/C21H26N2O5S/c1-28-21(27)13-7-9-14(10-8-13)22-18(24)17(11-12-29-2)23-19(25)15-5-3-4-6-16(15)20(23)26/h7-10,15-17H,3-6,11-12H2,1-2H3,(H,22,24)/t15-,16-,17+/m1/s1. The summed E-state index contributed by atoms with van der Waals surface area (Å²) in [6.45, 7) is 0. The van der Waals surface area contributed by atoms with Gasteiger partial charge in [0.2, 0.25) is 17.7 Å². The molecule has 0 aromatic heterocycles. The molecule has 1 saturated heterocycles. The maximum atomic E-state index is 13.0. The Hall–Kier alpha value is -2.35. The van der Waals surface area contributed by atoms with Crippen LogP contribution in [0.5, 0.6) is 0 Å². The van der Waals surface area contributed by atoms with Crippen LogP contribution in [0.4, 0.5) is 5.69 Å². The number of carbonyl (C=O) groups is 4. The van der Waals surface area contributed by atoms with E-state index in [1.807, 2.05) is 6.26 Å². The summed E-state index contributed by atoms with van der Waals surface area (Å²) in [7, 11) is 1.30. The number of rotatable bonds is 7. The lowest BCUT2D eigenvalue weighted by molar-refractivity contribution is -0.146. The van der Waals surface area contributed by atoms with Crippen molar-refractivity contribution in [3.8, 4) is 0 Å². The highest BCUT2D eigenvalue weighted by Gasteiger charge is 2.51. The first-order valence-electron chi connectivity index (χ1n) is 9.83. The van der Waals surface area contributed by atoms with Crippen LogP contribution in [-0.2, 0) is 19.1 Å². The minimum Gasteiger partial charge on any atom is -0.465 e. The quantitative estimate of drug-likeness (QED) is 0.541. The van der Waals surface area contributed by atoms with Gasteiger partial charge < -0.3 is 10.1 Å². The molecular weight excluding hydrogens is 392 g/mol. The molecule has 0 spiro atoms. The minimum atomic E-state index is -0.826. The molecular formula is C21H26N2O5S. The molecule has 1 aromatic rings. The molecule has 1 saturated carbocycles. The largest absolute Gasteiger partial charge is 0.465 e. The first kappa shape index (κ1) is 21.4. The first-order valence-corrected chi connectivity index (χ1v) is 11.2. The fourth-order valence-corrected chi connectivity index (χ4v) is 4.59. The van der Waals surface area contributed by atoms with Crippen LogP contribution in [0.15, 0.2) is 24.3 Å². The smallest absolute Gasteiger partial charge is 0.337 e. The first-order chi connectivity index (χ1) is 14.0. The number of hydrogen-bond acceptors (Lipinski definition) is 6. The summed E-state index contributed by atoms with van der Waals surface area (Å²) >= 11 is 1.57. The van der Waals surface area contributed by atoms with Crippen molar-refractivity contribution in [3.63, 3.8) is 0 Å². The van der Waals surface area contributed by atoms with Crippen LogP contribution >= 0.6 is 11.8 Å². The molecule has 0 unspecified atom stereocenters. The Morgan fingerprint density at radius 1 is 1.14 bits per heavy atom. The highest BCUT2D eigenvalue weighted by molar-refractivity contribution is 7.98. The van der Waals surface area contributed by atoms with Crippen LogP contribution in [-0.4, -0.2) is 53.8 Å². The maximum absolute atomic E-state index is 13.0. The number of imide groups is 1. The minimum absolute atomic E-state index is 0.206. The van der Waals surface area contributed by atoms with Gasteiger partial charge in [-0.2, -0.15) is 11.8 Å². The molecule has 1 aliphatic heterocycles. The summed E-state index contributed by atoms with van der Waals surface area (Å²) in [6.07, 6.45) is 5.66. The van der Waals surface area contributed by atoms with Gasteiger partial charge in [-0.3, -0.25) is 19.3 Å². The Morgan fingerprint density at radius 3 is 2.24 bits per heavy atom. The van der Waals surface area contributed by atoms with E-state index in [0.717, 1.165) is 25.7 Å². The van der Waals surface area contributed by atoms with Crippen molar-refractivity contribution in [1.82, 2.24) is 4.90 Å². The molecule has 3 atom stereocenters. The van der Waals surface area contributed by atoms with E-state index in [-0.39, 0.29) is 29.6 Å². The lowest BCUT2D eigenvalue weighted by atomic mass is 9.81. The molecule has 1 aromatic carbocycles. The third kappa shape index (κ3) is 4.47. The summed E-state index contributed by atoms with van der Waals surface area (Å²) in [5.41, 5.74) is 0.867. The number of nitrogens with one attached hydrogen (secondary N) is 1. The SMILES string of the molecule is COC(=O)c1ccc(NC(=O)[C@H](CCSC)N2C(=O)[C@@H]3CCCC[C@H]3C2=O)cc1. The average Bonchev–Trinajstić information content (AvgIpc) is 2.99. The van der Waals surface area contributed by atoms with Gasteiger partial charge in [-0.05, 0) is 55.5 Å². The molecule has 3 amide bonds. The molecule has 7 nitrogen and oxygen atoms in total. The second-order valence-electron chi connectivity index (χ2n) is 7.40. The molecule has 0 radical (unpaired) electrons. The number of anilines is 1. The third-order valence-corrected chi connectivity index (χ3v) is 6.30. The summed E-state index contributed by atoms with van der Waals surface area (Å²) in [5, 5.41) is 2.79. The van der Waals surface area contributed by atoms with Gasteiger partial charge >= 0.3 is 5.97 Å². The molecule has 1 N–H and O–H groups in total. The van der Waals surface area contributed by atoms with Gasteiger partial charge in [-0.15, -0.1) is 0 Å². The Labute approximate surface area is 174 Å². The van der Waals surface area contributed by atoms with Crippen LogP contribution in [0.25, 0.3) is 0 Å². The predicted octanol–water partition coefficient (Wildman–Crippen LogP) is 2.71. The normalized spacial score (nSPS) is 22.2. The number of fused-ring (bicyclic) bond motifs is 1. The molecule has 156 valence electrons. The van der Waals surface area contributed by atoms with Crippen LogP contribution in [0.3, 0.4) is 0 Å². The highest BCUT2D eigenvalue weighted by atomic mass is 32.2. The van der Waals surface area contributed by atoms with E-state index in [1.54, 1.807) is 36.0 Å². The lowest BCUT2D eigenvalue weighted by Gasteiger charge is -2.26. The van der Waals surface area contributed by atoms with Gasteiger partial charge in [-0.25, -0.2) is 4.79 Å². The van der Waals surface area contributed by atoms with Crippen molar-refractivity contribution in [2.45, 2.75) is 38.1 Å². The van der Waals surface area contributed by atoms with Gasteiger partial charge in [0.25, 0.3) is 0 Å². The fraction of sp³-hybridized carbons (Fsp3) is 0.524. The van der Waals surface area contributed by atoms with E-state index in [4.69, 9.17) is 0 Å². The summed E-state index contributed by atoms with van der Waals surface area (Å²) < 4.78 is 4.67. The Bertz CT molecular complexity index is 771. The van der Waals surface area contributed by atoms with Crippen molar-refractivity contribution in [2.75, 3.05) is 24.4 Å². The molecule has 3 rings (SSSR count). The summed E-state index contributed by atoms with van der Waals surface area (Å²) in [6, 6.07) is 5.48. The van der Waals surface area contributed by atoms with E-state index < -0.39 is 12.0 Å². The molecule has 29 heavy (non-hydrogen) atoms. The number of nitrogens with zero attached hydrogens (tertiary/aromatic N) is 1. The number of methoxy groups -OCH3 is 1. The van der Waals surface area contributed by atoms with E-state index in [0.29, 0.717) is 23.4 Å². The Kier molecular flexibility index (Phi) is 6.95. The van der Waals surface area contributed by atoms with Gasteiger partial charge in [-0.1, -0.05) is 12.8 Å². The average molecular weight is 419 g/mol. The zero-order valence-corrected chi connectivity index (χ0v) is 17.5. The third-order valence-electron chi connectivity index (χ3n) is 5.66. The van der Waals surface area contributed by atoms with E-state index in [2.05, 4.69) is 10.1 Å². The topological polar surface area (TPSA) is 92.8 Å². The number of likely N-dealkylation sites (tertiary alicyclic amines) is 1. The van der Waals surface area contributed by atoms with E-state index in [1.165, 1.54) is 12.0 Å². The maximum Gasteiger partial charge on any atom is 0.337 e. The van der Waals surface area contributed by atoms with Crippen LogP contribution in [0.1, 0.15) is 42.5 Å². The number of hydrogen-bond donors (Lipinski definition) is 1. The summed E-state index contributed by atoms with van der Waals surface area (Å²) in [5.74, 6) is -1.16. The van der Waals surface area contributed by atoms with Crippen molar-refractivity contribution >= 4 is 41.1 Å². The molecule has 2 aliphatic rings. The summed E-state index contributed by atoms with van der Waals surface area (Å²) in [4.78, 5) is 51.6. The number of thioether (sulfide) groups is 1. The molecule has 0 bridgehead atoms. The van der Waals surface area contributed by atoms with Gasteiger partial charge in [0.05, 0.1) is 24.5 Å². The second kappa shape index (κ2) is 9.43. The number of ether oxygens (including phenoxy) is 1. The molecule has 1 heterocycles. The monoisotopic (exact) mass is 418 g/mol. The van der Waals surface area contributed by atoms with E-state index in [9.17, 15) is 19.2 Å². The fourth-order valence-electron chi connectivity index (χ4n) is 4.14. The zero-order valence-electron chi connectivity index (χ0n) is 16.7. The van der Waals surface area contributed by atoms with Gasteiger partial charge in [0.15, 0.2) is 0 Å². The number of amides is 3. The number of esters is 1. The van der Waals surface area contributed by atoms with Gasteiger partial charge in [0.1, 0.15) is 6.04 Å². The number of benzene rings is 1.